The molecule has 0 saturated carbocycles. The molecule has 185 valence electrons. The van der Waals surface area contributed by atoms with Crippen molar-refractivity contribution in [2.24, 2.45) is 0 Å². The van der Waals surface area contributed by atoms with E-state index >= 15 is 0 Å². The zero-order valence-electron chi connectivity index (χ0n) is 20.6. The van der Waals surface area contributed by atoms with Gasteiger partial charge in [0.15, 0.2) is 0 Å². The van der Waals surface area contributed by atoms with E-state index in [0.29, 0.717) is 5.56 Å². The van der Waals surface area contributed by atoms with E-state index in [-0.39, 0.29) is 28.1 Å². The number of fused-ring (bicyclic) bond motifs is 1. The van der Waals surface area contributed by atoms with Gasteiger partial charge in [0.1, 0.15) is 5.75 Å². The quantitative estimate of drug-likeness (QED) is 0.261. The van der Waals surface area contributed by atoms with Crippen LogP contribution in [0, 0.1) is 17.7 Å². The van der Waals surface area contributed by atoms with E-state index in [9.17, 15) is 0 Å². The molecule has 1 unspecified atom stereocenters. The molecule has 1 aliphatic rings. The van der Waals surface area contributed by atoms with Crippen molar-refractivity contribution in [1.29, 1.82) is 10.8 Å². The summed E-state index contributed by atoms with van der Waals surface area (Å²) in [5.74, 6) is 0.512. The molecular formula is C29H33CoN3O2. The van der Waals surface area contributed by atoms with Crippen LogP contribution in [0.25, 0.3) is 0 Å². The molecule has 0 fully saturated rings. The number of rotatable bonds is 6. The van der Waals surface area contributed by atoms with Crippen LogP contribution in [0.4, 0.5) is 5.69 Å². The van der Waals surface area contributed by atoms with Crippen LogP contribution in [0.5, 0.6) is 5.75 Å². The second-order valence-electron chi connectivity index (χ2n) is 8.50. The maximum Gasteiger partial charge on any atom is 0.210 e. The summed E-state index contributed by atoms with van der Waals surface area (Å²) in [6.45, 7) is 7.16. The third kappa shape index (κ3) is 6.02. The van der Waals surface area contributed by atoms with Crippen molar-refractivity contribution in [2.45, 2.75) is 32.6 Å². The van der Waals surface area contributed by atoms with Crippen LogP contribution in [0.3, 0.4) is 0 Å². The van der Waals surface area contributed by atoms with Gasteiger partial charge in [-0.25, -0.2) is 0 Å². The van der Waals surface area contributed by atoms with Gasteiger partial charge in [0, 0.05) is 51.9 Å². The Morgan fingerprint density at radius 3 is 2.26 bits per heavy atom. The molecule has 3 aromatic rings. The van der Waals surface area contributed by atoms with Gasteiger partial charge >= 0.3 is 0 Å². The van der Waals surface area contributed by atoms with Crippen molar-refractivity contribution in [2.75, 3.05) is 18.6 Å². The number of hydrogen-bond donors (Lipinski definition) is 3. The Labute approximate surface area is 218 Å². The summed E-state index contributed by atoms with van der Waals surface area (Å²) in [6.07, 6.45) is 4.22. The maximum atomic E-state index is 8.79. The minimum absolute atomic E-state index is 0. The van der Waals surface area contributed by atoms with Crippen molar-refractivity contribution in [1.82, 2.24) is 0 Å². The molecule has 0 amide bonds. The average molecular weight is 515 g/mol. The van der Waals surface area contributed by atoms with Gasteiger partial charge in [-0.3, -0.25) is 5.41 Å². The van der Waals surface area contributed by atoms with Crippen LogP contribution in [0.2, 0.25) is 0 Å². The molecule has 0 bridgehead atoms. The van der Waals surface area contributed by atoms with Crippen molar-refractivity contribution < 1.29 is 26.6 Å². The van der Waals surface area contributed by atoms with Gasteiger partial charge in [-0.2, -0.15) is 0 Å². The van der Waals surface area contributed by atoms with Gasteiger partial charge in [-0.15, -0.1) is 0 Å². The molecule has 5 nitrogen and oxygen atoms in total. The molecule has 1 aliphatic heterocycles. The number of nitrogens with zero attached hydrogens (tertiary/aromatic N) is 1. The molecule has 1 heterocycles. The first kappa shape index (κ1) is 27.9. The third-order valence-electron chi connectivity index (χ3n) is 6.30. The minimum atomic E-state index is -0.363. The molecule has 4 rings (SSSR count). The van der Waals surface area contributed by atoms with Crippen LogP contribution in [0.15, 0.2) is 84.6 Å². The fourth-order valence-corrected chi connectivity index (χ4v) is 4.61. The number of anilines is 1. The van der Waals surface area contributed by atoms with Gasteiger partial charge in [-0.1, -0.05) is 48.5 Å². The van der Waals surface area contributed by atoms with Crippen LogP contribution in [0.1, 0.15) is 36.1 Å². The molecule has 0 spiro atoms. The summed E-state index contributed by atoms with van der Waals surface area (Å²) in [6, 6.07) is 24.1. The number of allylic oxidation sites excluding steroid dienone is 2. The van der Waals surface area contributed by atoms with E-state index < -0.39 is 0 Å². The fourth-order valence-electron chi connectivity index (χ4n) is 4.61. The second kappa shape index (κ2) is 12.4. The molecule has 0 saturated heterocycles. The first-order valence-electron chi connectivity index (χ1n) is 11.4. The zero-order chi connectivity index (χ0) is 24.7. The third-order valence-corrected chi connectivity index (χ3v) is 6.30. The molecule has 6 heteroatoms. The molecular weight excluding hydrogens is 481 g/mol. The summed E-state index contributed by atoms with van der Waals surface area (Å²) in [4.78, 5) is 2.31. The summed E-state index contributed by atoms with van der Waals surface area (Å²) >= 11 is 0. The van der Waals surface area contributed by atoms with Gasteiger partial charge in [0.05, 0.1) is 7.11 Å². The number of methoxy groups -OCH3 is 1. The maximum absolute atomic E-state index is 8.79. The number of aliphatic hydroxyl groups is 1. The topological polar surface area (TPSA) is 80.4 Å². The second-order valence-corrected chi connectivity index (χ2v) is 8.50. The fraction of sp³-hybridized carbons (Fsp3) is 0.241. The number of benzene rings is 3. The van der Waals surface area contributed by atoms with E-state index in [4.69, 9.17) is 20.7 Å². The smallest absolute Gasteiger partial charge is 0.210 e. The van der Waals surface area contributed by atoms with Crippen LogP contribution in [-0.2, 0) is 28.6 Å². The molecule has 1 radical (unpaired) electrons. The largest absolute Gasteiger partial charge is 0.497 e. The SMILES string of the molecule is CCN1/C(=C\C=N)C(C)(Cc2ccccc2)c2cc(OC)ccc21.Cc1ccccc1C(=N)O.[Co]. The number of hydrogen-bond acceptors (Lipinski definition) is 4. The van der Waals surface area contributed by atoms with Crippen LogP contribution < -0.4 is 9.64 Å². The molecule has 3 aromatic carbocycles. The van der Waals surface area contributed by atoms with E-state index in [2.05, 4.69) is 55.1 Å². The normalized spacial score (nSPS) is 17.0. The summed E-state index contributed by atoms with van der Waals surface area (Å²) in [5.41, 5.74) is 6.29. The Bertz CT molecular complexity index is 1190. The zero-order valence-corrected chi connectivity index (χ0v) is 21.7. The molecule has 1 atom stereocenters. The summed E-state index contributed by atoms with van der Waals surface area (Å²) < 4.78 is 5.46. The van der Waals surface area contributed by atoms with E-state index in [1.54, 1.807) is 19.2 Å². The van der Waals surface area contributed by atoms with E-state index in [1.807, 2.05) is 37.3 Å². The van der Waals surface area contributed by atoms with E-state index in [0.717, 1.165) is 24.3 Å². The Balaban J connectivity index is 0.000000332. The standard InChI is InChI=1S/C21H24N2O.C8H9NO.Co/c1-4-23-19-11-10-17(24-3)14-18(19)21(2,20(23)12-13-22)15-16-8-6-5-7-9-16;1-6-4-2-3-5-7(6)8(9)10;/h5-14,22H,4,15H2,1-3H3;2-5H,1H3,(H2,9,10);/b20-12-,22-13?;;. The molecule has 0 aliphatic carbocycles. The van der Waals surface area contributed by atoms with Crippen molar-refractivity contribution in [3.8, 4) is 5.75 Å². The number of ether oxygens (including phenoxy) is 1. The number of aryl methyl sites for hydroxylation is 1. The average Bonchev–Trinajstić information content (AvgIpc) is 3.07. The number of aliphatic hydroxyl groups excluding tert-OH is 1. The predicted molar refractivity (Wildman–Crippen MR) is 141 cm³/mol. The van der Waals surface area contributed by atoms with Crippen molar-refractivity contribution >= 4 is 17.8 Å². The Morgan fingerprint density at radius 1 is 1.06 bits per heavy atom. The monoisotopic (exact) mass is 514 g/mol. The Hall–Kier alpha value is -3.35. The Kier molecular flexibility index (Phi) is 9.86. The molecule has 0 aromatic heterocycles. The minimum Gasteiger partial charge on any atom is -0.497 e. The summed E-state index contributed by atoms with van der Waals surface area (Å²) in [5, 5.41) is 23.3. The first-order chi connectivity index (χ1) is 16.3. The Morgan fingerprint density at radius 2 is 1.71 bits per heavy atom. The van der Waals surface area contributed by atoms with Crippen molar-refractivity contribution in [3.63, 3.8) is 0 Å². The number of nitrogens with one attached hydrogen (secondary N) is 2. The number of likely N-dealkylation sites (N-methyl/N-ethyl adjacent to an activating group) is 1. The summed E-state index contributed by atoms with van der Waals surface area (Å²) in [7, 11) is 1.71. The van der Waals surface area contributed by atoms with Crippen molar-refractivity contribution in [3.05, 3.63) is 107 Å². The first-order valence-corrected chi connectivity index (χ1v) is 11.4. The molecule has 35 heavy (non-hydrogen) atoms. The van der Waals surface area contributed by atoms with Gasteiger partial charge in [0.25, 0.3) is 0 Å². The van der Waals surface area contributed by atoms with Crippen LogP contribution in [-0.4, -0.2) is 30.9 Å². The van der Waals surface area contributed by atoms with E-state index in [1.165, 1.54) is 28.7 Å². The van der Waals surface area contributed by atoms with Gasteiger partial charge < -0.3 is 20.2 Å². The van der Waals surface area contributed by atoms with Gasteiger partial charge in [0.2, 0.25) is 5.90 Å². The molecule has 3 N–H and O–H groups in total. The van der Waals surface area contributed by atoms with Crippen LogP contribution >= 0.6 is 0 Å². The predicted octanol–water partition coefficient (Wildman–Crippen LogP) is 6.44. The van der Waals surface area contributed by atoms with Gasteiger partial charge in [-0.05, 0) is 74.2 Å².